The first kappa shape index (κ1) is 16.1. The molecule has 2 atom stereocenters. The molecule has 116 valence electrons. The molecule has 1 saturated heterocycles. The van der Waals surface area contributed by atoms with Crippen molar-refractivity contribution in [1.82, 2.24) is 0 Å². The van der Waals surface area contributed by atoms with Gasteiger partial charge >= 0.3 is 5.97 Å². The maximum absolute atomic E-state index is 11.7. The third kappa shape index (κ3) is 4.59. The van der Waals surface area contributed by atoms with Crippen LogP contribution in [0.5, 0.6) is 0 Å². The van der Waals surface area contributed by atoms with E-state index in [2.05, 4.69) is 45.1 Å². The molecule has 0 N–H and O–H groups in total. The van der Waals surface area contributed by atoms with E-state index in [9.17, 15) is 4.79 Å². The number of ether oxygens (including phenoxy) is 1. The van der Waals surface area contributed by atoms with E-state index in [1.807, 2.05) is 0 Å². The van der Waals surface area contributed by atoms with Crippen molar-refractivity contribution in [3.8, 4) is 0 Å². The molecule has 0 aromatic rings. The Balaban J connectivity index is 2.14. The van der Waals surface area contributed by atoms with Crippen molar-refractivity contribution in [3.05, 3.63) is 35.5 Å². The van der Waals surface area contributed by atoms with E-state index < -0.39 is 0 Å². The predicted octanol–water partition coefficient (Wildman–Crippen LogP) is 5.11. The first-order chi connectivity index (χ1) is 9.99. The van der Waals surface area contributed by atoms with Crippen LogP contribution in [0.3, 0.4) is 0 Å². The lowest BCUT2D eigenvalue weighted by atomic mass is 9.78. The molecule has 0 radical (unpaired) electrons. The summed E-state index contributed by atoms with van der Waals surface area (Å²) in [7, 11) is 0. The lowest BCUT2D eigenvalue weighted by Crippen LogP contribution is -2.25. The van der Waals surface area contributed by atoms with Crippen LogP contribution in [-0.2, 0) is 9.53 Å². The summed E-state index contributed by atoms with van der Waals surface area (Å²) in [6.45, 7) is 6.61. The molecule has 1 fully saturated rings. The minimum Gasteiger partial charge on any atom is -0.457 e. The first-order valence-electron chi connectivity index (χ1n) is 8.17. The van der Waals surface area contributed by atoms with Gasteiger partial charge in [-0.25, -0.2) is 0 Å². The molecular weight excluding hydrogens is 260 g/mol. The maximum atomic E-state index is 11.7. The summed E-state index contributed by atoms with van der Waals surface area (Å²) in [5.41, 5.74) is 2.87. The van der Waals surface area contributed by atoms with Gasteiger partial charge in [-0.15, -0.1) is 0 Å². The fraction of sp³-hybridized carbons (Fsp3) is 0.632. The van der Waals surface area contributed by atoms with Crippen LogP contribution in [0.25, 0.3) is 0 Å². The lowest BCUT2D eigenvalue weighted by molar-refractivity contribution is -0.140. The summed E-state index contributed by atoms with van der Waals surface area (Å²) in [4.78, 5) is 11.7. The second-order valence-corrected chi connectivity index (χ2v) is 6.89. The smallest absolute Gasteiger partial charge is 0.307 e. The van der Waals surface area contributed by atoms with Crippen LogP contribution < -0.4 is 0 Å². The molecule has 2 nitrogen and oxygen atoms in total. The van der Waals surface area contributed by atoms with Gasteiger partial charge in [-0.2, -0.15) is 0 Å². The number of carbonyl (C=O) groups excluding carboxylic acids is 1. The standard InChI is InChI=1S/C19H28O2/c1-15-8-4-5-12-17-19(3,14-18(20)21-17)13-7-11-16(2)10-6-9-15/h5,9,11-12,17H,4,6-8,10,13-14H2,1-3H3/b12-5+,15-9+,16-11+/t17-,19-/m0/s1. The summed E-state index contributed by atoms with van der Waals surface area (Å²) in [5, 5.41) is 0. The minimum absolute atomic E-state index is 0.0423. The molecule has 0 amide bonds. The molecule has 2 rings (SSSR count). The quantitative estimate of drug-likeness (QED) is 0.457. The lowest BCUT2D eigenvalue weighted by Gasteiger charge is -2.26. The summed E-state index contributed by atoms with van der Waals surface area (Å²) in [5.74, 6) is -0.0479. The SMILES string of the molecule is C/C1=C\CC/C(C)=C/CC[C@@]2(C)CC(=O)O[C@H]2/C=C/CC1. The Labute approximate surface area is 129 Å². The first-order valence-corrected chi connectivity index (χ1v) is 8.17. The maximum Gasteiger partial charge on any atom is 0.307 e. The van der Waals surface area contributed by atoms with E-state index in [0.717, 1.165) is 38.5 Å². The van der Waals surface area contributed by atoms with Crippen LogP contribution in [-0.4, -0.2) is 12.1 Å². The highest BCUT2D eigenvalue weighted by molar-refractivity contribution is 5.73. The van der Waals surface area contributed by atoms with Gasteiger partial charge in [-0.3, -0.25) is 4.79 Å². The molecule has 0 aromatic heterocycles. The van der Waals surface area contributed by atoms with Gasteiger partial charge in [0.05, 0.1) is 6.42 Å². The molecule has 1 heterocycles. The molecule has 0 aromatic carbocycles. The van der Waals surface area contributed by atoms with Crippen molar-refractivity contribution >= 4 is 5.97 Å². The molecule has 0 saturated carbocycles. The van der Waals surface area contributed by atoms with Gasteiger partial charge in [-0.1, -0.05) is 36.3 Å². The van der Waals surface area contributed by atoms with Gasteiger partial charge in [0.15, 0.2) is 0 Å². The summed E-state index contributed by atoms with van der Waals surface area (Å²) < 4.78 is 5.52. The fourth-order valence-corrected chi connectivity index (χ4v) is 3.19. The van der Waals surface area contributed by atoms with Crippen molar-refractivity contribution in [1.29, 1.82) is 0 Å². The van der Waals surface area contributed by atoms with E-state index in [0.29, 0.717) is 6.42 Å². The monoisotopic (exact) mass is 288 g/mol. The Morgan fingerprint density at radius 3 is 2.52 bits per heavy atom. The Bertz CT molecular complexity index is 470. The van der Waals surface area contributed by atoms with Crippen LogP contribution in [0.15, 0.2) is 35.5 Å². The molecule has 0 spiro atoms. The zero-order chi connectivity index (χ0) is 15.3. The van der Waals surface area contributed by atoms with E-state index in [-0.39, 0.29) is 17.5 Å². The van der Waals surface area contributed by atoms with Gasteiger partial charge in [0.25, 0.3) is 0 Å². The molecule has 1 aliphatic heterocycles. The molecule has 2 heteroatoms. The van der Waals surface area contributed by atoms with Crippen molar-refractivity contribution in [2.24, 2.45) is 5.41 Å². The average molecular weight is 288 g/mol. The summed E-state index contributed by atoms with van der Waals surface area (Å²) in [6, 6.07) is 0. The van der Waals surface area contributed by atoms with E-state index >= 15 is 0 Å². The highest BCUT2D eigenvalue weighted by Crippen LogP contribution is 2.40. The topological polar surface area (TPSA) is 26.3 Å². The third-order valence-corrected chi connectivity index (χ3v) is 4.75. The Hall–Kier alpha value is -1.31. The van der Waals surface area contributed by atoms with Crippen LogP contribution >= 0.6 is 0 Å². The van der Waals surface area contributed by atoms with Crippen molar-refractivity contribution < 1.29 is 9.53 Å². The summed E-state index contributed by atoms with van der Waals surface area (Å²) in [6.07, 6.45) is 15.9. The molecule has 1 aliphatic carbocycles. The van der Waals surface area contributed by atoms with Crippen molar-refractivity contribution in [2.45, 2.75) is 71.8 Å². The Kier molecular flexibility index (Phi) is 5.44. The third-order valence-electron chi connectivity index (χ3n) is 4.75. The molecular formula is C19H28O2. The minimum atomic E-state index is -0.0501. The highest BCUT2D eigenvalue weighted by atomic mass is 16.6. The number of esters is 1. The summed E-state index contributed by atoms with van der Waals surface area (Å²) >= 11 is 0. The van der Waals surface area contributed by atoms with Gasteiger partial charge < -0.3 is 4.74 Å². The fourth-order valence-electron chi connectivity index (χ4n) is 3.19. The van der Waals surface area contributed by atoms with E-state index in [1.165, 1.54) is 11.1 Å². The zero-order valence-electron chi connectivity index (χ0n) is 13.7. The number of carbonyl (C=O) groups is 1. The number of hydrogen-bond donors (Lipinski definition) is 0. The Morgan fingerprint density at radius 1 is 1.10 bits per heavy atom. The molecule has 21 heavy (non-hydrogen) atoms. The van der Waals surface area contributed by atoms with Gasteiger partial charge in [0.1, 0.15) is 6.10 Å². The predicted molar refractivity (Wildman–Crippen MR) is 87.0 cm³/mol. The second-order valence-electron chi connectivity index (χ2n) is 6.89. The van der Waals surface area contributed by atoms with Gasteiger partial charge in [0, 0.05) is 5.41 Å². The normalized spacial score (nSPS) is 38.2. The number of fused-ring (bicyclic) bond motifs is 1. The van der Waals surface area contributed by atoms with Crippen molar-refractivity contribution in [3.63, 3.8) is 0 Å². The van der Waals surface area contributed by atoms with Crippen LogP contribution in [0.4, 0.5) is 0 Å². The number of rotatable bonds is 0. The second kappa shape index (κ2) is 7.11. The molecule has 2 aliphatic rings. The van der Waals surface area contributed by atoms with Crippen LogP contribution in [0.2, 0.25) is 0 Å². The largest absolute Gasteiger partial charge is 0.457 e. The van der Waals surface area contributed by atoms with Crippen molar-refractivity contribution in [2.75, 3.05) is 0 Å². The van der Waals surface area contributed by atoms with E-state index in [4.69, 9.17) is 4.74 Å². The number of hydrogen-bond acceptors (Lipinski definition) is 2. The molecule has 0 bridgehead atoms. The highest BCUT2D eigenvalue weighted by Gasteiger charge is 2.43. The zero-order valence-corrected chi connectivity index (χ0v) is 13.7. The van der Waals surface area contributed by atoms with Gasteiger partial charge in [0.2, 0.25) is 0 Å². The Morgan fingerprint density at radius 2 is 1.76 bits per heavy atom. The van der Waals surface area contributed by atoms with Crippen LogP contribution in [0, 0.1) is 5.41 Å². The average Bonchev–Trinajstić information content (AvgIpc) is 2.69. The van der Waals surface area contributed by atoms with Gasteiger partial charge in [-0.05, 0) is 58.4 Å². The molecule has 0 unspecified atom stereocenters. The van der Waals surface area contributed by atoms with E-state index in [1.54, 1.807) is 0 Å². The number of allylic oxidation sites excluding steroid dienone is 5. The van der Waals surface area contributed by atoms with Crippen LogP contribution in [0.1, 0.15) is 65.7 Å².